The molecule has 0 aromatic rings. The fourth-order valence-electron chi connectivity index (χ4n) is 1.50. The largest absolute Gasteiger partial charge is 0.447 e. The van der Waals surface area contributed by atoms with Gasteiger partial charge in [-0.25, -0.2) is 0 Å². The second kappa shape index (κ2) is 14.4. The highest BCUT2D eigenvalue weighted by atomic mass is 16.5. The van der Waals surface area contributed by atoms with E-state index in [1.54, 1.807) is 0 Å². The molecule has 93 valence electrons. The lowest BCUT2D eigenvalue weighted by Gasteiger charge is -1.98. The number of hydrogen-bond acceptors (Lipinski definition) is 1. The van der Waals surface area contributed by atoms with Gasteiger partial charge in [-0.2, -0.15) is 0 Å². The summed E-state index contributed by atoms with van der Waals surface area (Å²) in [5.41, 5.74) is 0. The van der Waals surface area contributed by atoms with Gasteiger partial charge in [0.15, 0.2) is 0 Å². The van der Waals surface area contributed by atoms with E-state index in [4.69, 9.17) is 4.74 Å². The predicted octanol–water partition coefficient (Wildman–Crippen LogP) is 4.72. The van der Waals surface area contributed by atoms with Gasteiger partial charge >= 0.3 is 0 Å². The summed E-state index contributed by atoms with van der Waals surface area (Å²) in [5.74, 6) is 3.05. The van der Waals surface area contributed by atoms with Crippen molar-refractivity contribution in [2.45, 2.75) is 71.1 Å². The van der Waals surface area contributed by atoms with Crippen LogP contribution in [0.2, 0.25) is 0 Å². The quantitative estimate of drug-likeness (QED) is 0.384. The lowest BCUT2D eigenvalue weighted by Crippen LogP contribution is -1.85. The number of hydrogen-bond donors (Lipinski definition) is 0. The predicted molar refractivity (Wildman–Crippen MR) is 70.9 cm³/mol. The second-order valence-corrected chi connectivity index (χ2v) is 4.21. The smallest absolute Gasteiger partial charge is 0.110 e. The van der Waals surface area contributed by atoms with Crippen LogP contribution in [0.4, 0.5) is 0 Å². The topological polar surface area (TPSA) is 9.23 Å². The third-order valence-corrected chi connectivity index (χ3v) is 2.55. The third kappa shape index (κ3) is 13.4. The molecule has 0 atom stereocenters. The average Bonchev–Trinajstić information content (AvgIpc) is 2.31. The van der Waals surface area contributed by atoms with Crippen molar-refractivity contribution < 1.29 is 4.74 Å². The summed E-state index contributed by atoms with van der Waals surface area (Å²) in [5, 5.41) is 0. The van der Waals surface area contributed by atoms with E-state index in [1.807, 2.05) is 0 Å². The lowest BCUT2D eigenvalue weighted by atomic mass is 10.1. The summed E-state index contributed by atoms with van der Waals surface area (Å²) in [6.45, 7) is 6.73. The molecule has 1 radical (unpaired) electrons. The van der Waals surface area contributed by atoms with Crippen molar-refractivity contribution in [2.75, 3.05) is 6.61 Å². The van der Waals surface area contributed by atoms with Gasteiger partial charge in [0.2, 0.25) is 0 Å². The molecule has 0 saturated heterocycles. The number of ether oxygens (including phenoxy) is 1. The molecule has 0 saturated carbocycles. The molecule has 1 nitrogen and oxygen atoms in total. The Labute approximate surface area is 102 Å². The van der Waals surface area contributed by atoms with E-state index in [1.165, 1.54) is 44.9 Å². The maximum Gasteiger partial charge on any atom is 0.110 e. The highest BCUT2D eigenvalue weighted by Gasteiger charge is 1.89. The molecule has 0 bridgehead atoms. The minimum atomic E-state index is 0.730. The van der Waals surface area contributed by atoms with Crippen LogP contribution >= 0.6 is 0 Å². The van der Waals surface area contributed by atoms with Gasteiger partial charge < -0.3 is 4.74 Å². The SMILES string of the molecule is [CH2]CCCOC#CCCCCCCCCC. The van der Waals surface area contributed by atoms with E-state index in [0.717, 1.165) is 25.9 Å². The molecule has 0 aromatic carbocycles. The van der Waals surface area contributed by atoms with Crippen molar-refractivity contribution in [3.8, 4) is 12.0 Å². The zero-order valence-electron chi connectivity index (χ0n) is 10.9. The Hall–Kier alpha value is -0.640. The van der Waals surface area contributed by atoms with Crippen LogP contribution in [-0.4, -0.2) is 6.61 Å². The van der Waals surface area contributed by atoms with Crippen molar-refractivity contribution >= 4 is 0 Å². The molecule has 0 aliphatic carbocycles. The monoisotopic (exact) mass is 223 g/mol. The minimum absolute atomic E-state index is 0.730. The maximum absolute atomic E-state index is 5.13. The van der Waals surface area contributed by atoms with Crippen LogP contribution in [0.1, 0.15) is 71.1 Å². The molecule has 0 rings (SSSR count). The van der Waals surface area contributed by atoms with Gasteiger partial charge in [-0.15, -0.1) is 0 Å². The Bertz CT molecular complexity index is 176. The van der Waals surface area contributed by atoms with Gasteiger partial charge in [0.05, 0.1) is 0 Å². The summed E-state index contributed by atoms with van der Waals surface area (Å²) >= 11 is 0. The molecule has 0 spiro atoms. The Morgan fingerprint density at radius 3 is 2.31 bits per heavy atom. The summed E-state index contributed by atoms with van der Waals surface area (Å²) in [4.78, 5) is 0. The molecule has 0 aliphatic rings. The highest BCUT2D eigenvalue weighted by molar-refractivity contribution is 4.90. The Kier molecular flexibility index (Phi) is 13.8. The van der Waals surface area contributed by atoms with E-state index in [2.05, 4.69) is 25.9 Å². The number of unbranched alkanes of at least 4 members (excludes halogenated alkanes) is 8. The molecule has 1 heteroatoms. The molecule has 0 amide bonds. The van der Waals surface area contributed by atoms with Gasteiger partial charge in [-0.3, -0.25) is 0 Å². The highest BCUT2D eigenvalue weighted by Crippen LogP contribution is 2.07. The van der Waals surface area contributed by atoms with Crippen LogP contribution in [0.5, 0.6) is 0 Å². The van der Waals surface area contributed by atoms with Crippen molar-refractivity contribution in [3.05, 3.63) is 6.92 Å². The zero-order valence-corrected chi connectivity index (χ0v) is 10.9. The first kappa shape index (κ1) is 15.4. The van der Waals surface area contributed by atoms with Crippen molar-refractivity contribution in [2.24, 2.45) is 0 Å². The van der Waals surface area contributed by atoms with Gasteiger partial charge in [0.25, 0.3) is 0 Å². The second-order valence-electron chi connectivity index (χ2n) is 4.21. The van der Waals surface area contributed by atoms with Gasteiger partial charge in [-0.05, 0) is 12.8 Å². The molecule has 0 N–H and O–H groups in total. The van der Waals surface area contributed by atoms with Crippen LogP contribution in [0, 0.1) is 19.0 Å². The standard InChI is InChI=1S/C15H27O/c1-3-5-7-8-9-10-11-12-13-15-16-14-6-4-2/h2-12,14H2,1H3. The Balaban J connectivity index is 3.02. The van der Waals surface area contributed by atoms with Gasteiger partial charge in [0, 0.05) is 6.42 Å². The first-order valence-corrected chi connectivity index (χ1v) is 6.80. The molecule has 0 fully saturated rings. The van der Waals surface area contributed by atoms with Crippen molar-refractivity contribution in [1.29, 1.82) is 0 Å². The van der Waals surface area contributed by atoms with E-state index in [-0.39, 0.29) is 0 Å². The van der Waals surface area contributed by atoms with Crippen LogP contribution in [0.25, 0.3) is 0 Å². The molecule has 0 unspecified atom stereocenters. The van der Waals surface area contributed by atoms with Crippen molar-refractivity contribution in [3.63, 3.8) is 0 Å². The zero-order chi connectivity index (χ0) is 11.9. The maximum atomic E-state index is 5.13. The molecule has 16 heavy (non-hydrogen) atoms. The molecular weight excluding hydrogens is 196 g/mol. The van der Waals surface area contributed by atoms with Crippen LogP contribution in [0.15, 0.2) is 0 Å². The van der Waals surface area contributed by atoms with Crippen LogP contribution in [0.3, 0.4) is 0 Å². The third-order valence-electron chi connectivity index (χ3n) is 2.55. The lowest BCUT2D eigenvalue weighted by molar-refractivity contribution is 0.272. The summed E-state index contributed by atoms with van der Waals surface area (Å²) in [6.07, 6.45) is 15.1. The summed E-state index contributed by atoms with van der Waals surface area (Å²) < 4.78 is 5.13. The van der Waals surface area contributed by atoms with Gasteiger partial charge in [-0.1, -0.05) is 64.7 Å². The van der Waals surface area contributed by atoms with E-state index in [0.29, 0.717) is 0 Å². The summed E-state index contributed by atoms with van der Waals surface area (Å²) in [7, 11) is 0. The van der Waals surface area contributed by atoms with Crippen molar-refractivity contribution in [1.82, 2.24) is 0 Å². The average molecular weight is 223 g/mol. The van der Waals surface area contributed by atoms with Crippen LogP contribution < -0.4 is 0 Å². The normalized spacial score (nSPS) is 9.62. The Morgan fingerprint density at radius 1 is 0.938 bits per heavy atom. The molecular formula is C15H27O. The Morgan fingerprint density at radius 2 is 1.62 bits per heavy atom. The fraction of sp³-hybridized carbons (Fsp3) is 0.800. The number of rotatable bonds is 10. The summed E-state index contributed by atoms with van der Waals surface area (Å²) in [6, 6.07) is 0. The van der Waals surface area contributed by atoms with Gasteiger partial charge in [0.1, 0.15) is 12.7 Å². The molecule has 0 aromatic heterocycles. The first-order valence-electron chi connectivity index (χ1n) is 6.80. The van der Waals surface area contributed by atoms with E-state index in [9.17, 15) is 0 Å². The van der Waals surface area contributed by atoms with E-state index >= 15 is 0 Å². The fourth-order valence-corrected chi connectivity index (χ4v) is 1.50. The first-order chi connectivity index (χ1) is 7.91. The minimum Gasteiger partial charge on any atom is -0.447 e. The van der Waals surface area contributed by atoms with E-state index < -0.39 is 0 Å². The molecule has 0 aliphatic heterocycles. The van der Waals surface area contributed by atoms with Crippen LogP contribution in [-0.2, 0) is 4.74 Å². The molecule has 0 heterocycles.